The summed E-state index contributed by atoms with van der Waals surface area (Å²) in [6, 6.07) is 12.2. The maximum Gasteiger partial charge on any atom is 0.126 e. The Morgan fingerprint density at radius 3 is 2.56 bits per heavy atom. The summed E-state index contributed by atoms with van der Waals surface area (Å²) in [4.78, 5) is 0. The largest absolute Gasteiger partial charge is 0.346 e. The van der Waals surface area contributed by atoms with Gasteiger partial charge in [-0.05, 0) is 46.8 Å². The molecule has 1 heterocycles. The monoisotopic (exact) mass is 341 g/mol. The molecule has 1 aromatic heterocycles. The third-order valence-corrected chi connectivity index (χ3v) is 4.38. The van der Waals surface area contributed by atoms with Crippen molar-refractivity contribution in [1.29, 1.82) is 0 Å². The van der Waals surface area contributed by atoms with Crippen LogP contribution in [-0.2, 0) is 13.0 Å². The number of alkyl halides is 1. The summed E-state index contributed by atoms with van der Waals surface area (Å²) in [7, 11) is 0. The zero-order valence-electron chi connectivity index (χ0n) is 15.1. The molecule has 0 saturated heterocycles. The Hall–Kier alpha value is -2.16. The molecule has 3 heteroatoms. The summed E-state index contributed by atoms with van der Waals surface area (Å²) in [6.07, 6.45) is 4.38. The van der Waals surface area contributed by atoms with E-state index in [4.69, 9.17) is 0 Å². The van der Waals surface area contributed by atoms with E-state index in [0.717, 1.165) is 24.2 Å². The molecular weight excluding hydrogens is 316 g/mol. The summed E-state index contributed by atoms with van der Waals surface area (Å²) in [5.41, 5.74) is 3.72. The molecule has 1 atom stereocenters. The van der Waals surface area contributed by atoms with Crippen molar-refractivity contribution in [3.63, 3.8) is 0 Å². The van der Waals surface area contributed by atoms with Crippen LogP contribution in [0.5, 0.6) is 0 Å². The van der Waals surface area contributed by atoms with Gasteiger partial charge in [-0.2, -0.15) is 0 Å². The van der Waals surface area contributed by atoms with Crippen molar-refractivity contribution in [1.82, 2.24) is 4.57 Å². The highest BCUT2D eigenvalue weighted by atomic mass is 19.1. The molecule has 1 aromatic carbocycles. The second-order valence-electron chi connectivity index (χ2n) is 7.98. The first kappa shape index (κ1) is 17.7. The van der Waals surface area contributed by atoms with Crippen LogP contribution in [0.25, 0.3) is 5.57 Å². The SMILES string of the molecule is CC(C)(C)Cc1cc(C2=C(F)C=CC(F)C2)cn1Cc1ccccc1. The molecule has 0 N–H and O–H groups in total. The van der Waals surface area contributed by atoms with Gasteiger partial charge in [0.05, 0.1) is 0 Å². The number of halogens is 2. The van der Waals surface area contributed by atoms with E-state index >= 15 is 0 Å². The minimum Gasteiger partial charge on any atom is -0.346 e. The predicted octanol–water partition coefficient (Wildman–Crippen LogP) is 6.10. The normalized spacial score (nSPS) is 18.0. The zero-order valence-corrected chi connectivity index (χ0v) is 15.1. The van der Waals surface area contributed by atoms with E-state index in [2.05, 4.69) is 37.5 Å². The highest BCUT2D eigenvalue weighted by Crippen LogP contribution is 2.33. The fraction of sp³-hybridized carbons (Fsp3) is 0.364. The maximum atomic E-state index is 14.2. The number of allylic oxidation sites excluding steroid dienone is 4. The predicted molar refractivity (Wildman–Crippen MR) is 99.8 cm³/mol. The Bertz CT molecular complexity index is 791. The van der Waals surface area contributed by atoms with Crippen LogP contribution in [0.1, 0.15) is 44.0 Å². The van der Waals surface area contributed by atoms with Crippen LogP contribution in [0, 0.1) is 5.41 Å². The van der Waals surface area contributed by atoms with Gasteiger partial charge in [0.2, 0.25) is 0 Å². The Morgan fingerprint density at radius 2 is 1.88 bits per heavy atom. The van der Waals surface area contributed by atoms with E-state index in [0.29, 0.717) is 5.57 Å². The Kier molecular flexibility index (Phi) is 4.94. The average molecular weight is 341 g/mol. The van der Waals surface area contributed by atoms with E-state index in [-0.39, 0.29) is 17.7 Å². The van der Waals surface area contributed by atoms with E-state index in [9.17, 15) is 8.78 Å². The van der Waals surface area contributed by atoms with Gasteiger partial charge in [0, 0.05) is 24.9 Å². The van der Waals surface area contributed by atoms with Crippen molar-refractivity contribution >= 4 is 5.57 Å². The van der Waals surface area contributed by atoms with E-state index in [1.54, 1.807) is 0 Å². The minimum atomic E-state index is -1.11. The topological polar surface area (TPSA) is 4.93 Å². The van der Waals surface area contributed by atoms with Gasteiger partial charge in [-0.25, -0.2) is 8.78 Å². The first-order chi connectivity index (χ1) is 11.8. The van der Waals surface area contributed by atoms with Crippen LogP contribution in [0.2, 0.25) is 0 Å². The van der Waals surface area contributed by atoms with Crippen molar-refractivity contribution in [3.8, 4) is 0 Å². The quantitative estimate of drug-likeness (QED) is 0.633. The lowest BCUT2D eigenvalue weighted by atomic mass is 9.90. The summed E-state index contributed by atoms with van der Waals surface area (Å²) >= 11 is 0. The molecule has 132 valence electrons. The van der Waals surface area contributed by atoms with Gasteiger partial charge in [0.25, 0.3) is 0 Å². The molecular formula is C22H25F2N. The van der Waals surface area contributed by atoms with Gasteiger partial charge in [-0.3, -0.25) is 0 Å². The first-order valence-electron chi connectivity index (χ1n) is 8.76. The molecule has 3 rings (SSSR count). The third-order valence-electron chi connectivity index (χ3n) is 4.38. The molecule has 0 bridgehead atoms. The van der Waals surface area contributed by atoms with Crippen LogP contribution in [0.3, 0.4) is 0 Å². The van der Waals surface area contributed by atoms with Crippen molar-refractivity contribution in [2.75, 3.05) is 0 Å². The van der Waals surface area contributed by atoms with Crippen LogP contribution < -0.4 is 0 Å². The van der Waals surface area contributed by atoms with Gasteiger partial charge in [0.15, 0.2) is 0 Å². The smallest absolute Gasteiger partial charge is 0.126 e. The molecule has 1 aliphatic rings. The van der Waals surface area contributed by atoms with Gasteiger partial charge in [0.1, 0.15) is 12.0 Å². The molecule has 0 fully saturated rings. The molecule has 0 aliphatic heterocycles. The fourth-order valence-electron chi connectivity index (χ4n) is 3.24. The van der Waals surface area contributed by atoms with Gasteiger partial charge >= 0.3 is 0 Å². The van der Waals surface area contributed by atoms with Crippen LogP contribution in [0.4, 0.5) is 8.78 Å². The van der Waals surface area contributed by atoms with Crippen LogP contribution >= 0.6 is 0 Å². The van der Waals surface area contributed by atoms with Gasteiger partial charge < -0.3 is 4.57 Å². The van der Waals surface area contributed by atoms with E-state index in [1.807, 2.05) is 30.5 Å². The lowest BCUT2D eigenvalue weighted by Crippen LogP contribution is -2.13. The molecule has 2 aromatic rings. The van der Waals surface area contributed by atoms with E-state index < -0.39 is 6.17 Å². The van der Waals surface area contributed by atoms with Crippen molar-refractivity contribution in [3.05, 3.63) is 77.4 Å². The maximum absolute atomic E-state index is 14.2. The standard InChI is InChI=1S/C22H25F2N/c1-22(2,3)13-19-11-17(20-12-18(23)9-10-21(20)24)15-25(19)14-16-7-5-4-6-8-16/h4-11,15,18H,12-14H2,1-3H3. The zero-order chi connectivity index (χ0) is 18.0. The summed E-state index contributed by atoms with van der Waals surface area (Å²) in [5.74, 6) is -0.326. The molecule has 1 aliphatic carbocycles. The Morgan fingerprint density at radius 1 is 1.16 bits per heavy atom. The van der Waals surface area contributed by atoms with Crippen molar-refractivity contribution in [2.24, 2.45) is 5.41 Å². The van der Waals surface area contributed by atoms with Gasteiger partial charge in [-0.15, -0.1) is 0 Å². The number of nitrogens with zero attached hydrogens (tertiary/aromatic N) is 1. The number of hydrogen-bond donors (Lipinski definition) is 0. The lowest BCUT2D eigenvalue weighted by molar-refractivity contribution is 0.399. The molecule has 0 saturated carbocycles. The lowest BCUT2D eigenvalue weighted by Gasteiger charge is -2.19. The number of hydrogen-bond acceptors (Lipinski definition) is 0. The molecule has 25 heavy (non-hydrogen) atoms. The molecule has 1 nitrogen and oxygen atoms in total. The third kappa shape index (κ3) is 4.47. The Labute approximate surface area is 148 Å². The van der Waals surface area contributed by atoms with E-state index in [1.165, 1.54) is 17.7 Å². The second kappa shape index (κ2) is 6.99. The first-order valence-corrected chi connectivity index (χ1v) is 8.76. The average Bonchev–Trinajstić information content (AvgIpc) is 2.91. The molecule has 0 amide bonds. The van der Waals surface area contributed by atoms with Crippen LogP contribution in [0.15, 0.2) is 60.6 Å². The summed E-state index contributed by atoms with van der Waals surface area (Å²) in [6.45, 7) is 7.30. The Balaban J connectivity index is 1.98. The summed E-state index contributed by atoms with van der Waals surface area (Å²) < 4.78 is 30.1. The number of rotatable bonds is 4. The van der Waals surface area contributed by atoms with Crippen LogP contribution in [-0.4, -0.2) is 10.7 Å². The minimum absolute atomic E-state index is 0.104. The fourth-order valence-corrected chi connectivity index (χ4v) is 3.24. The number of aromatic nitrogens is 1. The van der Waals surface area contributed by atoms with Crippen molar-refractivity contribution in [2.45, 2.75) is 46.3 Å². The molecule has 1 unspecified atom stereocenters. The summed E-state index contributed by atoms with van der Waals surface area (Å²) in [5, 5.41) is 0. The number of benzene rings is 1. The highest BCUT2D eigenvalue weighted by molar-refractivity contribution is 5.71. The molecule has 0 radical (unpaired) electrons. The highest BCUT2D eigenvalue weighted by Gasteiger charge is 2.21. The van der Waals surface area contributed by atoms with Crippen molar-refractivity contribution < 1.29 is 8.78 Å². The molecule has 0 spiro atoms. The second-order valence-corrected chi connectivity index (χ2v) is 7.98. The van der Waals surface area contributed by atoms with Gasteiger partial charge in [-0.1, -0.05) is 51.1 Å².